The maximum atomic E-state index is 12.5. The first-order valence-electron chi connectivity index (χ1n) is 7.97. The number of aryl methyl sites for hydroxylation is 1. The highest BCUT2D eigenvalue weighted by molar-refractivity contribution is 6.32. The number of carbonyl (C=O) groups excluding carboxylic acids is 2. The van der Waals surface area contributed by atoms with Crippen LogP contribution in [0.25, 0.3) is 0 Å². The molecule has 1 atom stereocenters. The van der Waals surface area contributed by atoms with Crippen LogP contribution < -0.4 is 15.4 Å². The fraction of sp³-hybridized carbons (Fsp3) is 0.263. The third-order valence-corrected chi connectivity index (χ3v) is 3.85. The second kappa shape index (κ2) is 8.53. The van der Waals surface area contributed by atoms with Gasteiger partial charge in [0.2, 0.25) is 0 Å². The van der Waals surface area contributed by atoms with Gasteiger partial charge in [-0.05, 0) is 42.7 Å². The zero-order chi connectivity index (χ0) is 18.4. The number of esters is 1. The molecule has 0 fully saturated rings. The number of amides is 2. The normalized spacial score (nSPS) is 11.7. The Morgan fingerprint density at radius 3 is 2.40 bits per heavy atom. The molecule has 0 aliphatic heterocycles. The molecule has 2 N–H and O–H groups in total. The highest BCUT2D eigenvalue weighted by Gasteiger charge is 2.27. The highest BCUT2D eigenvalue weighted by atomic mass is 35.5. The van der Waals surface area contributed by atoms with E-state index in [0.717, 1.165) is 5.56 Å². The molecule has 2 rings (SSSR count). The quantitative estimate of drug-likeness (QED) is 0.613. The van der Waals surface area contributed by atoms with Gasteiger partial charge in [-0.2, -0.15) is 0 Å². The van der Waals surface area contributed by atoms with Gasteiger partial charge < -0.3 is 15.4 Å². The standard InChI is InChI=1S/C19H21ClN2O3/c1-12(2)17(22-19(24)21-14-7-5-4-6-8-14)18(23)25-16-11-13(3)9-10-15(16)20/h4-12,17H,1-3H3,(H2,21,22,24). The van der Waals surface area contributed by atoms with Gasteiger partial charge in [-0.3, -0.25) is 0 Å². The minimum absolute atomic E-state index is 0.155. The number of halogens is 1. The first-order valence-corrected chi connectivity index (χ1v) is 8.35. The number of hydrogen-bond donors (Lipinski definition) is 2. The molecule has 132 valence electrons. The number of benzene rings is 2. The van der Waals surface area contributed by atoms with E-state index in [-0.39, 0.29) is 11.7 Å². The van der Waals surface area contributed by atoms with E-state index in [2.05, 4.69) is 10.6 Å². The Morgan fingerprint density at radius 2 is 1.76 bits per heavy atom. The Morgan fingerprint density at radius 1 is 1.08 bits per heavy atom. The summed E-state index contributed by atoms with van der Waals surface area (Å²) in [5.41, 5.74) is 1.56. The van der Waals surface area contributed by atoms with E-state index in [1.807, 2.05) is 45.0 Å². The second-order valence-corrected chi connectivity index (χ2v) is 6.45. The summed E-state index contributed by atoms with van der Waals surface area (Å²) in [5.74, 6) is -0.439. The Balaban J connectivity index is 2.05. The highest BCUT2D eigenvalue weighted by Crippen LogP contribution is 2.26. The van der Waals surface area contributed by atoms with Crippen LogP contribution in [0.4, 0.5) is 10.5 Å². The molecule has 0 bridgehead atoms. The minimum atomic E-state index is -0.805. The zero-order valence-corrected chi connectivity index (χ0v) is 15.1. The van der Waals surface area contributed by atoms with Crippen LogP contribution in [0.2, 0.25) is 5.02 Å². The molecule has 0 spiro atoms. The van der Waals surface area contributed by atoms with E-state index >= 15 is 0 Å². The van der Waals surface area contributed by atoms with Gasteiger partial charge in [0, 0.05) is 5.69 Å². The maximum Gasteiger partial charge on any atom is 0.334 e. The van der Waals surface area contributed by atoms with Gasteiger partial charge in [0.1, 0.15) is 11.8 Å². The largest absolute Gasteiger partial charge is 0.423 e. The van der Waals surface area contributed by atoms with Crippen molar-refractivity contribution >= 4 is 29.3 Å². The smallest absolute Gasteiger partial charge is 0.334 e. The molecule has 1 unspecified atom stereocenters. The van der Waals surface area contributed by atoms with Crippen LogP contribution in [0.3, 0.4) is 0 Å². The lowest BCUT2D eigenvalue weighted by Gasteiger charge is -2.21. The summed E-state index contributed by atoms with van der Waals surface area (Å²) in [6, 6.07) is 12.9. The third kappa shape index (κ3) is 5.50. The molecular formula is C19H21ClN2O3. The SMILES string of the molecule is Cc1ccc(Cl)c(OC(=O)C(NC(=O)Nc2ccccc2)C(C)C)c1. The van der Waals surface area contributed by atoms with Crippen LogP contribution in [0.1, 0.15) is 19.4 Å². The molecule has 0 radical (unpaired) electrons. The maximum absolute atomic E-state index is 12.5. The average Bonchev–Trinajstić information content (AvgIpc) is 2.56. The van der Waals surface area contributed by atoms with Crippen LogP contribution in [-0.2, 0) is 4.79 Å². The second-order valence-electron chi connectivity index (χ2n) is 6.04. The number of urea groups is 1. The van der Waals surface area contributed by atoms with Crippen molar-refractivity contribution in [3.8, 4) is 5.75 Å². The van der Waals surface area contributed by atoms with Gasteiger partial charge in [0.25, 0.3) is 0 Å². The lowest BCUT2D eigenvalue weighted by atomic mass is 10.1. The molecule has 6 heteroatoms. The predicted molar refractivity (Wildman–Crippen MR) is 99.0 cm³/mol. The van der Waals surface area contributed by atoms with Crippen molar-refractivity contribution in [2.24, 2.45) is 5.92 Å². The van der Waals surface area contributed by atoms with Gasteiger partial charge >= 0.3 is 12.0 Å². The zero-order valence-electron chi connectivity index (χ0n) is 14.4. The number of ether oxygens (including phenoxy) is 1. The first kappa shape index (κ1) is 18.8. The van der Waals surface area contributed by atoms with Crippen molar-refractivity contribution < 1.29 is 14.3 Å². The van der Waals surface area contributed by atoms with E-state index in [9.17, 15) is 9.59 Å². The number of rotatable bonds is 5. The summed E-state index contributed by atoms with van der Waals surface area (Å²) >= 11 is 6.06. The van der Waals surface area contributed by atoms with E-state index in [1.54, 1.807) is 24.3 Å². The van der Waals surface area contributed by atoms with Crippen molar-refractivity contribution in [2.75, 3.05) is 5.32 Å². The number of carbonyl (C=O) groups is 2. The van der Waals surface area contributed by atoms with E-state index in [1.165, 1.54) is 0 Å². The summed E-state index contributed by atoms with van der Waals surface area (Å²) < 4.78 is 5.39. The van der Waals surface area contributed by atoms with Crippen molar-refractivity contribution in [3.05, 3.63) is 59.1 Å². The average molecular weight is 361 g/mol. The predicted octanol–water partition coefficient (Wildman–Crippen LogP) is 4.40. The molecule has 0 saturated heterocycles. The Bertz CT molecular complexity index is 748. The topological polar surface area (TPSA) is 67.4 Å². The van der Waals surface area contributed by atoms with Crippen LogP contribution in [0.5, 0.6) is 5.75 Å². The minimum Gasteiger partial charge on any atom is -0.423 e. The van der Waals surface area contributed by atoms with Gasteiger partial charge in [-0.1, -0.05) is 49.7 Å². The lowest BCUT2D eigenvalue weighted by molar-refractivity contribution is -0.137. The van der Waals surface area contributed by atoms with Crippen LogP contribution >= 0.6 is 11.6 Å². The molecule has 2 aromatic rings. The van der Waals surface area contributed by atoms with Gasteiger partial charge in [0.05, 0.1) is 5.02 Å². The first-order chi connectivity index (χ1) is 11.9. The number of nitrogens with one attached hydrogen (secondary N) is 2. The Kier molecular flexibility index (Phi) is 6.42. The van der Waals surface area contributed by atoms with Crippen LogP contribution in [0.15, 0.2) is 48.5 Å². The van der Waals surface area contributed by atoms with Crippen LogP contribution in [0, 0.1) is 12.8 Å². The molecule has 5 nitrogen and oxygen atoms in total. The summed E-state index contributed by atoms with van der Waals surface area (Å²) in [6.07, 6.45) is 0. The van der Waals surface area contributed by atoms with Crippen molar-refractivity contribution in [3.63, 3.8) is 0 Å². The molecule has 2 amide bonds. The van der Waals surface area contributed by atoms with Gasteiger partial charge in [-0.25, -0.2) is 9.59 Å². The summed E-state index contributed by atoms with van der Waals surface area (Å²) in [7, 11) is 0. The van der Waals surface area contributed by atoms with E-state index < -0.39 is 18.0 Å². The summed E-state index contributed by atoms with van der Waals surface area (Å²) in [4.78, 5) is 24.6. The van der Waals surface area contributed by atoms with Crippen molar-refractivity contribution in [1.82, 2.24) is 5.32 Å². The fourth-order valence-corrected chi connectivity index (χ4v) is 2.34. The van der Waals surface area contributed by atoms with Crippen molar-refractivity contribution in [2.45, 2.75) is 26.8 Å². The summed E-state index contributed by atoms with van der Waals surface area (Å²) in [6.45, 7) is 5.53. The molecule has 0 aliphatic rings. The lowest BCUT2D eigenvalue weighted by Crippen LogP contribution is -2.48. The number of para-hydroxylation sites is 1. The van der Waals surface area contributed by atoms with Crippen LogP contribution in [-0.4, -0.2) is 18.0 Å². The van der Waals surface area contributed by atoms with E-state index in [4.69, 9.17) is 16.3 Å². The van der Waals surface area contributed by atoms with Crippen molar-refractivity contribution in [1.29, 1.82) is 0 Å². The van der Waals surface area contributed by atoms with E-state index in [0.29, 0.717) is 10.7 Å². The van der Waals surface area contributed by atoms with Gasteiger partial charge in [0.15, 0.2) is 0 Å². The molecular weight excluding hydrogens is 340 g/mol. The monoisotopic (exact) mass is 360 g/mol. The Hall–Kier alpha value is -2.53. The molecule has 0 aromatic heterocycles. The summed E-state index contributed by atoms with van der Waals surface area (Å²) in [5, 5.41) is 5.68. The molecule has 0 saturated carbocycles. The number of anilines is 1. The van der Waals surface area contributed by atoms with Gasteiger partial charge in [-0.15, -0.1) is 0 Å². The molecule has 0 heterocycles. The third-order valence-electron chi connectivity index (χ3n) is 3.54. The Labute approximate surface area is 152 Å². The number of hydrogen-bond acceptors (Lipinski definition) is 3. The fourth-order valence-electron chi connectivity index (χ4n) is 2.19. The molecule has 0 aliphatic carbocycles. The molecule has 25 heavy (non-hydrogen) atoms. The molecule has 2 aromatic carbocycles.